The van der Waals surface area contributed by atoms with Crippen molar-refractivity contribution in [2.75, 3.05) is 20.5 Å². The Hall–Kier alpha value is -2.04. The van der Waals surface area contributed by atoms with E-state index in [4.69, 9.17) is 19.9 Å². The number of fused-ring (bicyclic) bond motifs is 1. The van der Waals surface area contributed by atoms with Crippen LogP contribution in [0.5, 0.6) is 11.5 Å². The average molecular weight is 285 g/mol. The first-order chi connectivity index (χ1) is 10.3. The molecule has 1 atom stereocenters. The lowest BCUT2D eigenvalue weighted by Crippen LogP contribution is -2.11. The summed E-state index contributed by atoms with van der Waals surface area (Å²) in [4.78, 5) is 0. The molecule has 2 aromatic carbocycles. The van der Waals surface area contributed by atoms with Gasteiger partial charge in [0.1, 0.15) is 0 Å². The standard InChI is InChI=1S/C17H19NO3/c1-19-9-8-12-2-4-13(5-3-12)17(18)14-6-7-15-16(10-14)21-11-20-15/h2-7,10,17H,8-9,11,18H2,1H3. The van der Waals surface area contributed by atoms with Gasteiger partial charge in [0.15, 0.2) is 11.5 Å². The van der Waals surface area contributed by atoms with Gasteiger partial charge in [-0.1, -0.05) is 30.3 Å². The van der Waals surface area contributed by atoms with Crippen LogP contribution in [0.25, 0.3) is 0 Å². The lowest BCUT2D eigenvalue weighted by molar-refractivity contribution is 0.174. The van der Waals surface area contributed by atoms with E-state index in [-0.39, 0.29) is 12.8 Å². The van der Waals surface area contributed by atoms with Crippen molar-refractivity contribution in [3.63, 3.8) is 0 Å². The second-order valence-corrected chi connectivity index (χ2v) is 5.07. The zero-order valence-corrected chi connectivity index (χ0v) is 12.0. The van der Waals surface area contributed by atoms with E-state index in [1.807, 2.05) is 18.2 Å². The van der Waals surface area contributed by atoms with E-state index in [2.05, 4.69) is 24.3 Å². The molecule has 1 aliphatic rings. The number of hydrogen-bond donors (Lipinski definition) is 1. The third-order valence-corrected chi connectivity index (χ3v) is 3.69. The second kappa shape index (κ2) is 6.16. The van der Waals surface area contributed by atoms with Gasteiger partial charge < -0.3 is 19.9 Å². The van der Waals surface area contributed by atoms with Gasteiger partial charge in [-0.2, -0.15) is 0 Å². The summed E-state index contributed by atoms with van der Waals surface area (Å²) in [7, 11) is 1.71. The molecule has 3 rings (SSSR count). The largest absolute Gasteiger partial charge is 0.454 e. The number of benzene rings is 2. The van der Waals surface area contributed by atoms with Gasteiger partial charge in [0.2, 0.25) is 6.79 Å². The molecule has 0 aliphatic carbocycles. The van der Waals surface area contributed by atoms with Gasteiger partial charge in [-0.05, 0) is 35.2 Å². The SMILES string of the molecule is COCCc1ccc(C(N)c2ccc3c(c2)OCO3)cc1. The maximum absolute atomic E-state index is 6.34. The molecule has 0 amide bonds. The Bertz CT molecular complexity index is 610. The van der Waals surface area contributed by atoms with Crippen LogP contribution < -0.4 is 15.2 Å². The van der Waals surface area contributed by atoms with Crippen molar-refractivity contribution in [1.82, 2.24) is 0 Å². The molecule has 4 heteroatoms. The molecule has 2 aromatic rings. The summed E-state index contributed by atoms with van der Waals surface area (Å²) in [5, 5.41) is 0. The van der Waals surface area contributed by atoms with Crippen molar-refractivity contribution in [1.29, 1.82) is 0 Å². The Balaban J connectivity index is 1.76. The average Bonchev–Trinajstić information content (AvgIpc) is 3.00. The first-order valence-corrected chi connectivity index (χ1v) is 7.01. The topological polar surface area (TPSA) is 53.7 Å². The van der Waals surface area contributed by atoms with Crippen LogP contribution in [0, 0.1) is 0 Å². The Labute approximate surface area is 124 Å². The molecule has 1 unspecified atom stereocenters. The number of ether oxygens (including phenoxy) is 3. The minimum atomic E-state index is -0.170. The summed E-state index contributed by atoms with van der Waals surface area (Å²) in [6.07, 6.45) is 0.913. The molecule has 0 bridgehead atoms. The third kappa shape index (κ3) is 3.01. The number of nitrogens with two attached hydrogens (primary N) is 1. The lowest BCUT2D eigenvalue weighted by Gasteiger charge is -2.14. The van der Waals surface area contributed by atoms with Gasteiger partial charge in [-0.3, -0.25) is 0 Å². The van der Waals surface area contributed by atoms with Crippen molar-refractivity contribution in [3.05, 3.63) is 59.2 Å². The quantitative estimate of drug-likeness (QED) is 0.917. The molecule has 1 aliphatic heterocycles. The fourth-order valence-corrected chi connectivity index (χ4v) is 2.41. The molecule has 1 heterocycles. The fraction of sp³-hybridized carbons (Fsp3) is 0.294. The maximum atomic E-state index is 6.34. The number of methoxy groups -OCH3 is 1. The van der Waals surface area contributed by atoms with Crippen LogP contribution in [0.3, 0.4) is 0 Å². The highest BCUT2D eigenvalue weighted by Crippen LogP contribution is 2.35. The fourth-order valence-electron chi connectivity index (χ4n) is 2.41. The third-order valence-electron chi connectivity index (χ3n) is 3.69. The van der Waals surface area contributed by atoms with Crippen LogP contribution in [-0.4, -0.2) is 20.5 Å². The first-order valence-electron chi connectivity index (χ1n) is 7.01. The molecule has 2 N–H and O–H groups in total. The molecule has 0 saturated carbocycles. The van der Waals surface area contributed by atoms with E-state index < -0.39 is 0 Å². The summed E-state index contributed by atoms with van der Waals surface area (Å²) in [5.74, 6) is 1.54. The highest BCUT2D eigenvalue weighted by atomic mass is 16.7. The summed E-state index contributed by atoms with van der Waals surface area (Å²) in [5.41, 5.74) is 9.68. The number of rotatable bonds is 5. The minimum Gasteiger partial charge on any atom is -0.454 e. The van der Waals surface area contributed by atoms with Gasteiger partial charge in [-0.15, -0.1) is 0 Å². The van der Waals surface area contributed by atoms with E-state index in [0.717, 1.165) is 35.7 Å². The van der Waals surface area contributed by atoms with Crippen LogP contribution >= 0.6 is 0 Å². The van der Waals surface area contributed by atoms with Crippen LogP contribution in [0.2, 0.25) is 0 Å². The lowest BCUT2D eigenvalue weighted by atomic mass is 9.98. The van der Waals surface area contributed by atoms with E-state index in [1.54, 1.807) is 7.11 Å². The van der Waals surface area contributed by atoms with Crippen molar-refractivity contribution >= 4 is 0 Å². The van der Waals surface area contributed by atoms with Crippen molar-refractivity contribution in [3.8, 4) is 11.5 Å². The Kier molecular flexibility index (Phi) is 4.08. The van der Waals surface area contributed by atoms with Gasteiger partial charge in [0, 0.05) is 7.11 Å². The van der Waals surface area contributed by atoms with Crippen LogP contribution in [0.15, 0.2) is 42.5 Å². The Morgan fingerprint density at radius 1 is 1.05 bits per heavy atom. The van der Waals surface area contributed by atoms with E-state index in [0.29, 0.717) is 0 Å². The van der Waals surface area contributed by atoms with Gasteiger partial charge in [0.25, 0.3) is 0 Å². The highest BCUT2D eigenvalue weighted by Gasteiger charge is 2.16. The Morgan fingerprint density at radius 3 is 2.52 bits per heavy atom. The maximum Gasteiger partial charge on any atom is 0.231 e. The molecule has 21 heavy (non-hydrogen) atoms. The van der Waals surface area contributed by atoms with E-state index in [9.17, 15) is 0 Å². The molecular weight excluding hydrogens is 266 g/mol. The predicted octanol–water partition coefficient (Wildman–Crippen LogP) is 2.65. The zero-order chi connectivity index (χ0) is 14.7. The summed E-state index contributed by atoms with van der Waals surface area (Å²) in [6, 6.07) is 14.0. The normalized spacial score (nSPS) is 14.2. The Morgan fingerprint density at radius 2 is 1.76 bits per heavy atom. The predicted molar refractivity (Wildman–Crippen MR) is 80.6 cm³/mol. The molecule has 0 saturated heterocycles. The van der Waals surface area contributed by atoms with Crippen LogP contribution in [0.1, 0.15) is 22.7 Å². The van der Waals surface area contributed by atoms with E-state index in [1.165, 1.54) is 5.56 Å². The first kappa shape index (κ1) is 13.9. The molecule has 4 nitrogen and oxygen atoms in total. The summed E-state index contributed by atoms with van der Waals surface area (Å²) in [6.45, 7) is 1.01. The molecular formula is C17H19NO3. The van der Waals surface area contributed by atoms with Gasteiger partial charge in [-0.25, -0.2) is 0 Å². The highest BCUT2D eigenvalue weighted by molar-refractivity contribution is 5.47. The summed E-state index contributed by atoms with van der Waals surface area (Å²) < 4.78 is 15.8. The summed E-state index contributed by atoms with van der Waals surface area (Å²) >= 11 is 0. The smallest absolute Gasteiger partial charge is 0.231 e. The van der Waals surface area contributed by atoms with Crippen molar-refractivity contribution < 1.29 is 14.2 Å². The van der Waals surface area contributed by atoms with Gasteiger partial charge >= 0.3 is 0 Å². The van der Waals surface area contributed by atoms with Crippen LogP contribution in [0.4, 0.5) is 0 Å². The number of hydrogen-bond acceptors (Lipinski definition) is 4. The molecule has 0 radical (unpaired) electrons. The second-order valence-electron chi connectivity index (χ2n) is 5.07. The molecule has 110 valence electrons. The van der Waals surface area contributed by atoms with Crippen molar-refractivity contribution in [2.45, 2.75) is 12.5 Å². The molecule has 0 spiro atoms. The van der Waals surface area contributed by atoms with Gasteiger partial charge in [0.05, 0.1) is 12.6 Å². The zero-order valence-electron chi connectivity index (χ0n) is 12.0. The van der Waals surface area contributed by atoms with Crippen LogP contribution in [-0.2, 0) is 11.2 Å². The van der Waals surface area contributed by atoms with Crippen molar-refractivity contribution in [2.24, 2.45) is 5.73 Å². The molecule has 0 aromatic heterocycles. The minimum absolute atomic E-state index is 0.170. The van der Waals surface area contributed by atoms with E-state index >= 15 is 0 Å². The molecule has 0 fully saturated rings. The monoisotopic (exact) mass is 285 g/mol.